The standard InChI is InChI=1S/C26H31N3O4/c1-17(2)20-11-10-18(3)13-23(20)33-16-25(30)29(14-19-7-6-12-32-19)15-24-27-22-9-5-4-8-21(22)26(31)28-24/h4-5,8-11,13,17,19H,6-7,12,14-16H2,1-3H3,(H,27,28,31)/t19-/m1/s1. The summed E-state index contributed by atoms with van der Waals surface area (Å²) in [6, 6.07) is 13.3. The first kappa shape index (κ1) is 23.0. The Morgan fingerprint density at radius 3 is 2.85 bits per heavy atom. The Kier molecular flexibility index (Phi) is 7.08. The molecule has 4 rings (SSSR count). The molecular formula is C26H31N3O4. The van der Waals surface area contributed by atoms with Crippen LogP contribution in [0.25, 0.3) is 10.9 Å². The molecule has 0 radical (unpaired) electrons. The Balaban J connectivity index is 1.54. The zero-order valence-electron chi connectivity index (χ0n) is 19.5. The second-order valence-electron chi connectivity index (χ2n) is 8.92. The van der Waals surface area contributed by atoms with Crippen molar-refractivity contribution in [1.29, 1.82) is 0 Å². The predicted molar refractivity (Wildman–Crippen MR) is 128 cm³/mol. The van der Waals surface area contributed by atoms with Crippen molar-refractivity contribution in [2.45, 2.75) is 52.2 Å². The van der Waals surface area contributed by atoms with Crippen LogP contribution in [0.1, 0.15) is 49.6 Å². The molecule has 1 fully saturated rings. The fourth-order valence-electron chi connectivity index (χ4n) is 4.15. The summed E-state index contributed by atoms with van der Waals surface area (Å²) in [5, 5.41) is 0.530. The van der Waals surface area contributed by atoms with Crippen molar-refractivity contribution < 1.29 is 14.3 Å². The van der Waals surface area contributed by atoms with Crippen LogP contribution < -0.4 is 10.3 Å². The quantitative estimate of drug-likeness (QED) is 0.563. The van der Waals surface area contributed by atoms with Crippen molar-refractivity contribution in [3.63, 3.8) is 0 Å². The van der Waals surface area contributed by atoms with Gasteiger partial charge in [-0.3, -0.25) is 9.59 Å². The number of hydrogen-bond donors (Lipinski definition) is 1. The molecular weight excluding hydrogens is 418 g/mol. The number of fused-ring (bicyclic) bond motifs is 1. The third-order valence-electron chi connectivity index (χ3n) is 5.95. The maximum Gasteiger partial charge on any atom is 0.261 e. The second-order valence-corrected chi connectivity index (χ2v) is 8.92. The van der Waals surface area contributed by atoms with Gasteiger partial charge in [-0.25, -0.2) is 4.98 Å². The van der Waals surface area contributed by atoms with Gasteiger partial charge >= 0.3 is 0 Å². The van der Waals surface area contributed by atoms with Gasteiger partial charge in [0.15, 0.2) is 6.61 Å². The van der Waals surface area contributed by atoms with Crippen molar-refractivity contribution in [1.82, 2.24) is 14.9 Å². The lowest BCUT2D eigenvalue weighted by molar-refractivity contribution is -0.135. The van der Waals surface area contributed by atoms with Crippen LogP contribution in [0.4, 0.5) is 0 Å². The molecule has 33 heavy (non-hydrogen) atoms. The lowest BCUT2D eigenvalue weighted by atomic mass is 10.0. The minimum Gasteiger partial charge on any atom is -0.483 e. The summed E-state index contributed by atoms with van der Waals surface area (Å²) in [5.74, 6) is 1.29. The van der Waals surface area contributed by atoms with Crippen molar-refractivity contribution >= 4 is 16.8 Å². The zero-order chi connectivity index (χ0) is 23.4. The number of carbonyl (C=O) groups is 1. The van der Waals surface area contributed by atoms with Crippen LogP contribution >= 0.6 is 0 Å². The molecule has 1 amide bonds. The number of ether oxygens (including phenoxy) is 2. The maximum absolute atomic E-state index is 13.2. The van der Waals surface area contributed by atoms with Crippen molar-refractivity contribution in [3.05, 3.63) is 69.8 Å². The molecule has 0 spiro atoms. The third-order valence-corrected chi connectivity index (χ3v) is 5.95. The van der Waals surface area contributed by atoms with E-state index in [0.717, 1.165) is 29.7 Å². The number of nitrogens with one attached hydrogen (secondary N) is 1. The highest BCUT2D eigenvalue weighted by molar-refractivity contribution is 5.78. The van der Waals surface area contributed by atoms with Crippen LogP contribution in [-0.2, 0) is 16.1 Å². The van der Waals surface area contributed by atoms with Gasteiger partial charge in [0.05, 0.1) is 23.6 Å². The predicted octanol–water partition coefficient (Wildman–Crippen LogP) is 3.94. The zero-order valence-corrected chi connectivity index (χ0v) is 19.5. The summed E-state index contributed by atoms with van der Waals surface area (Å²) in [5.41, 5.74) is 2.55. The fourth-order valence-corrected chi connectivity index (χ4v) is 4.15. The van der Waals surface area contributed by atoms with E-state index in [1.165, 1.54) is 0 Å². The number of para-hydroxylation sites is 1. The molecule has 174 valence electrons. The number of benzene rings is 2. The normalized spacial score (nSPS) is 15.8. The molecule has 1 atom stereocenters. The van der Waals surface area contributed by atoms with E-state index in [1.807, 2.05) is 25.1 Å². The SMILES string of the molecule is Cc1ccc(C(C)C)c(OCC(=O)N(Cc2nc3ccccc3c(=O)[nH]2)C[C@H]2CCCO2)c1. The summed E-state index contributed by atoms with van der Waals surface area (Å²) in [6.07, 6.45) is 1.86. The topological polar surface area (TPSA) is 84.5 Å². The van der Waals surface area contributed by atoms with Gasteiger partial charge in [0, 0.05) is 13.2 Å². The number of amides is 1. The molecule has 1 N–H and O–H groups in total. The molecule has 7 nitrogen and oxygen atoms in total. The summed E-state index contributed by atoms with van der Waals surface area (Å²) >= 11 is 0. The van der Waals surface area contributed by atoms with Crippen LogP contribution in [0.5, 0.6) is 5.75 Å². The lowest BCUT2D eigenvalue weighted by Crippen LogP contribution is -2.40. The van der Waals surface area contributed by atoms with E-state index in [9.17, 15) is 9.59 Å². The Morgan fingerprint density at radius 2 is 2.09 bits per heavy atom. The van der Waals surface area contributed by atoms with E-state index in [-0.39, 0.29) is 36.6 Å². The minimum atomic E-state index is -0.210. The first-order valence-electron chi connectivity index (χ1n) is 11.5. The second kappa shape index (κ2) is 10.2. The van der Waals surface area contributed by atoms with E-state index in [0.29, 0.717) is 29.9 Å². The summed E-state index contributed by atoms with van der Waals surface area (Å²) < 4.78 is 11.8. The van der Waals surface area contributed by atoms with Gasteiger partial charge in [0.1, 0.15) is 11.6 Å². The van der Waals surface area contributed by atoms with Crippen LogP contribution in [0, 0.1) is 6.92 Å². The number of aromatic amines is 1. The van der Waals surface area contributed by atoms with Gasteiger partial charge < -0.3 is 19.4 Å². The smallest absolute Gasteiger partial charge is 0.261 e. The molecule has 7 heteroatoms. The number of aromatic nitrogens is 2. The molecule has 1 aliphatic rings. The number of hydrogen-bond acceptors (Lipinski definition) is 5. The van der Waals surface area contributed by atoms with Crippen LogP contribution in [0.3, 0.4) is 0 Å². The Labute approximate surface area is 193 Å². The minimum absolute atomic E-state index is 0.0219. The van der Waals surface area contributed by atoms with Crippen molar-refractivity contribution in [2.24, 2.45) is 0 Å². The molecule has 0 aliphatic carbocycles. The molecule has 1 aliphatic heterocycles. The lowest BCUT2D eigenvalue weighted by Gasteiger charge is -2.25. The molecule has 2 aromatic carbocycles. The van der Waals surface area contributed by atoms with Gasteiger partial charge in [-0.2, -0.15) is 0 Å². The maximum atomic E-state index is 13.2. The summed E-state index contributed by atoms with van der Waals surface area (Å²) in [6.45, 7) is 7.44. The van der Waals surface area contributed by atoms with Crippen LogP contribution in [0.15, 0.2) is 47.3 Å². The average Bonchev–Trinajstić information content (AvgIpc) is 3.30. The van der Waals surface area contributed by atoms with Gasteiger partial charge in [-0.05, 0) is 55.0 Å². The first-order chi connectivity index (χ1) is 15.9. The molecule has 1 saturated heterocycles. The van der Waals surface area contributed by atoms with E-state index in [1.54, 1.807) is 23.1 Å². The molecule has 3 aromatic rings. The van der Waals surface area contributed by atoms with Gasteiger partial charge in [0.2, 0.25) is 0 Å². The van der Waals surface area contributed by atoms with Crippen molar-refractivity contribution in [2.75, 3.05) is 19.8 Å². The molecule has 2 heterocycles. The van der Waals surface area contributed by atoms with Crippen LogP contribution in [-0.4, -0.2) is 46.6 Å². The van der Waals surface area contributed by atoms with E-state index >= 15 is 0 Å². The monoisotopic (exact) mass is 449 g/mol. The largest absolute Gasteiger partial charge is 0.483 e. The summed E-state index contributed by atoms with van der Waals surface area (Å²) in [7, 11) is 0. The number of aryl methyl sites for hydroxylation is 1. The van der Waals surface area contributed by atoms with E-state index in [4.69, 9.17) is 9.47 Å². The van der Waals surface area contributed by atoms with Crippen molar-refractivity contribution in [3.8, 4) is 5.75 Å². The van der Waals surface area contributed by atoms with Crippen LogP contribution in [0.2, 0.25) is 0 Å². The molecule has 1 aromatic heterocycles. The summed E-state index contributed by atoms with van der Waals surface area (Å²) in [4.78, 5) is 34.8. The number of H-pyrrole nitrogens is 1. The first-order valence-corrected chi connectivity index (χ1v) is 11.5. The third kappa shape index (κ3) is 5.60. The Bertz CT molecular complexity index is 1180. The number of nitrogens with zero attached hydrogens (tertiary/aromatic N) is 2. The van der Waals surface area contributed by atoms with E-state index < -0.39 is 0 Å². The molecule has 0 bridgehead atoms. The van der Waals surface area contributed by atoms with Gasteiger partial charge in [-0.15, -0.1) is 0 Å². The van der Waals surface area contributed by atoms with Gasteiger partial charge in [-0.1, -0.05) is 38.1 Å². The molecule has 0 unspecified atom stereocenters. The Hall–Kier alpha value is -3.19. The fraction of sp³-hybridized carbons (Fsp3) is 0.423. The van der Waals surface area contributed by atoms with Gasteiger partial charge in [0.25, 0.3) is 11.5 Å². The molecule has 0 saturated carbocycles. The highest BCUT2D eigenvalue weighted by Crippen LogP contribution is 2.27. The van der Waals surface area contributed by atoms with E-state index in [2.05, 4.69) is 29.9 Å². The Morgan fingerprint density at radius 1 is 1.27 bits per heavy atom. The average molecular weight is 450 g/mol. The number of carbonyl (C=O) groups excluding carboxylic acids is 1. The highest BCUT2D eigenvalue weighted by Gasteiger charge is 2.24. The number of rotatable bonds is 8. The highest BCUT2D eigenvalue weighted by atomic mass is 16.5.